The predicted octanol–water partition coefficient (Wildman–Crippen LogP) is 11.3. The molecular formula is C47H41ClFN3O7S. The molecule has 5 aromatic carbocycles. The lowest BCUT2D eigenvalue weighted by Gasteiger charge is -2.37. The summed E-state index contributed by atoms with van der Waals surface area (Å²) in [6.07, 6.45) is 2.13. The minimum absolute atomic E-state index is 0.00987. The zero-order valence-electron chi connectivity index (χ0n) is 33.3. The summed E-state index contributed by atoms with van der Waals surface area (Å²) in [5.74, 6) is 0.976. The number of nitrogens with zero attached hydrogens (tertiary/aromatic N) is 3. The fraction of sp³-hybridized carbons (Fsp3) is 0.191. The maximum Gasteiger partial charge on any atom is 0.314 e. The predicted molar refractivity (Wildman–Crippen MR) is 233 cm³/mol. The first-order valence-electron chi connectivity index (χ1n) is 18.9. The molecule has 1 atom stereocenters. The lowest BCUT2D eigenvalue weighted by Crippen LogP contribution is -2.38. The van der Waals surface area contributed by atoms with Crippen LogP contribution in [-0.2, 0) is 15.1 Å². The van der Waals surface area contributed by atoms with Gasteiger partial charge in [0, 0.05) is 16.0 Å². The molecule has 7 rings (SSSR count). The fourth-order valence-electron chi connectivity index (χ4n) is 7.45. The first-order valence-corrected chi connectivity index (χ1v) is 20.1. The molecule has 10 nitrogen and oxygen atoms in total. The summed E-state index contributed by atoms with van der Waals surface area (Å²) >= 11 is 8.07. The topological polar surface area (TPSA) is 115 Å². The van der Waals surface area contributed by atoms with Crippen molar-refractivity contribution in [1.29, 1.82) is 0 Å². The second-order valence-electron chi connectivity index (χ2n) is 13.8. The number of rotatable bonds is 17. The largest absolute Gasteiger partial charge is 0.497 e. The first-order chi connectivity index (χ1) is 29.1. The number of thiophene rings is 1. The number of ether oxygens (including phenoxy) is 5. The summed E-state index contributed by atoms with van der Waals surface area (Å²) < 4.78 is 44.8. The summed E-state index contributed by atoms with van der Waals surface area (Å²) in [4.78, 5) is 22.7. The van der Waals surface area contributed by atoms with E-state index in [-0.39, 0.29) is 36.4 Å². The minimum Gasteiger partial charge on any atom is -0.497 e. The number of methoxy groups -OCH3 is 2. The Balaban J connectivity index is 1.35. The van der Waals surface area contributed by atoms with Gasteiger partial charge in [-0.1, -0.05) is 84.4 Å². The van der Waals surface area contributed by atoms with Crippen LogP contribution in [0.25, 0.3) is 31.8 Å². The van der Waals surface area contributed by atoms with Gasteiger partial charge in [-0.2, -0.15) is 0 Å². The maximum absolute atomic E-state index is 14.1. The number of aryl methyl sites for hydroxylation is 1. The van der Waals surface area contributed by atoms with E-state index in [4.69, 9.17) is 35.3 Å². The van der Waals surface area contributed by atoms with Crippen molar-refractivity contribution in [3.63, 3.8) is 0 Å². The monoisotopic (exact) mass is 845 g/mol. The van der Waals surface area contributed by atoms with E-state index in [1.807, 2.05) is 85.8 Å². The van der Waals surface area contributed by atoms with Crippen LogP contribution >= 0.6 is 22.9 Å². The van der Waals surface area contributed by atoms with E-state index < -0.39 is 22.4 Å². The number of nitro benzene ring substituents is 1. The van der Waals surface area contributed by atoms with Crippen LogP contribution in [0.2, 0.25) is 5.15 Å². The molecule has 0 saturated carbocycles. The lowest BCUT2D eigenvalue weighted by molar-refractivity contribution is -0.386. The van der Waals surface area contributed by atoms with Crippen molar-refractivity contribution in [3.8, 4) is 38.8 Å². The van der Waals surface area contributed by atoms with Crippen LogP contribution in [0.1, 0.15) is 27.8 Å². The van der Waals surface area contributed by atoms with Gasteiger partial charge in [-0.15, -0.1) is 17.9 Å². The third kappa shape index (κ3) is 8.32. The fourth-order valence-corrected chi connectivity index (χ4v) is 8.89. The van der Waals surface area contributed by atoms with Crippen molar-refractivity contribution >= 4 is 38.8 Å². The molecule has 0 saturated heterocycles. The maximum atomic E-state index is 14.1. The van der Waals surface area contributed by atoms with Crippen molar-refractivity contribution in [1.82, 2.24) is 9.97 Å². The number of hydrogen-bond acceptors (Lipinski definition) is 10. The van der Waals surface area contributed by atoms with Crippen LogP contribution in [-0.4, -0.2) is 55.0 Å². The molecule has 7 aromatic rings. The number of fused-ring (bicyclic) bond motifs is 1. The van der Waals surface area contributed by atoms with Crippen LogP contribution in [0.15, 0.2) is 128 Å². The molecule has 0 bridgehead atoms. The molecule has 60 heavy (non-hydrogen) atoms. The van der Waals surface area contributed by atoms with E-state index >= 15 is 0 Å². The summed E-state index contributed by atoms with van der Waals surface area (Å²) in [5.41, 5.74) is 3.85. The third-order valence-corrected chi connectivity index (χ3v) is 11.6. The Morgan fingerprint density at radius 3 is 2.07 bits per heavy atom. The Morgan fingerprint density at radius 1 is 0.867 bits per heavy atom. The van der Waals surface area contributed by atoms with E-state index in [2.05, 4.69) is 16.5 Å². The zero-order chi connectivity index (χ0) is 42.4. The van der Waals surface area contributed by atoms with E-state index in [9.17, 15) is 14.5 Å². The molecule has 0 radical (unpaired) electrons. The van der Waals surface area contributed by atoms with Gasteiger partial charge in [0.15, 0.2) is 5.75 Å². The molecule has 0 fully saturated rings. The first kappa shape index (κ1) is 42.0. The van der Waals surface area contributed by atoms with Crippen molar-refractivity contribution in [2.45, 2.75) is 25.6 Å². The number of aromatic nitrogens is 2. The second-order valence-corrected chi connectivity index (χ2v) is 15.2. The number of halogens is 2. The summed E-state index contributed by atoms with van der Waals surface area (Å²) in [5, 5.41) is 13.9. The molecule has 0 aliphatic carbocycles. The van der Waals surface area contributed by atoms with Crippen LogP contribution in [0.5, 0.6) is 17.2 Å². The lowest BCUT2D eigenvalue weighted by atomic mass is 9.80. The highest BCUT2D eigenvalue weighted by Crippen LogP contribution is 2.51. The minimum atomic E-state index is -1.19. The Bertz CT molecular complexity index is 2580. The second kappa shape index (κ2) is 18.4. The third-order valence-electron chi connectivity index (χ3n) is 10.2. The van der Waals surface area contributed by atoms with Gasteiger partial charge in [0.05, 0.1) is 44.3 Å². The molecule has 13 heteroatoms. The van der Waals surface area contributed by atoms with Crippen molar-refractivity contribution < 1.29 is 33.0 Å². The average molecular weight is 846 g/mol. The molecule has 0 aliphatic rings. The van der Waals surface area contributed by atoms with Gasteiger partial charge in [-0.25, -0.2) is 14.4 Å². The van der Waals surface area contributed by atoms with Gasteiger partial charge in [0.2, 0.25) is 0 Å². The van der Waals surface area contributed by atoms with E-state index in [0.29, 0.717) is 54.4 Å². The molecule has 0 spiro atoms. The highest BCUT2D eigenvalue weighted by Gasteiger charge is 2.39. The van der Waals surface area contributed by atoms with Crippen LogP contribution < -0.4 is 14.2 Å². The highest BCUT2D eigenvalue weighted by molar-refractivity contribution is 7.22. The van der Waals surface area contributed by atoms with Gasteiger partial charge < -0.3 is 23.7 Å². The van der Waals surface area contributed by atoms with Crippen LogP contribution in [0.3, 0.4) is 0 Å². The molecular weight excluding hydrogens is 805 g/mol. The number of hydrogen-bond donors (Lipinski definition) is 0. The zero-order valence-corrected chi connectivity index (χ0v) is 34.9. The highest BCUT2D eigenvalue weighted by atomic mass is 35.5. The van der Waals surface area contributed by atoms with Gasteiger partial charge >= 0.3 is 5.69 Å². The summed E-state index contributed by atoms with van der Waals surface area (Å²) in [6.45, 7) is 7.46. The van der Waals surface area contributed by atoms with Gasteiger partial charge in [-0.3, -0.25) is 10.1 Å². The van der Waals surface area contributed by atoms with Crippen molar-refractivity contribution in [2.24, 2.45) is 0 Å². The quantitative estimate of drug-likeness (QED) is 0.0221. The molecule has 1 unspecified atom stereocenters. The number of benzene rings is 5. The summed E-state index contributed by atoms with van der Waals surface area (Å²) in [6, 6.07) is 32.7. The molecule has 0 aliphatic heterocycles. The van der Waals surface area contributed by atoms with Gasteiger partial charge in [-0.05, 0) is 89.7 Å². The normalized spacial score (nSPS) is 12.0. The van der Waals surface area contributed by atoms with Gasteiger partial charge in [0.1, 0.15) is 45.3 Å². The average Bonchev–Trinajstić information content (AvgIpc) is 3.64. The Morgan fingerprint density at radius 2 is 1.48 bits per heavy atom. The molecule has 2 aromatic heterocycles. The smallest absolute Gasteiger partial charge is 0.314 e. The van der Waals surface area contributed by atoms with Crippen molar-refractivity contribution in [3.05, 3.63) is 177 Å². The van der Waals surface area contributed by atoms with Crippen LogP contribution in [0.4, 0.5) is 10.1 Å². The van der Waals surface area contributed by atoms with E-state index in [1.165, 1.54) is 29.8 Å². The van der Waals surface area contributed by atoms with E-state index in [0.717, 1.165) is 16.7 Å². The molecule has 0 N–H and O–H groups in total. The molecule has 0 amide bonds. The standard InChI is InChI=1S/C47H41ClFN3O7S/c1-6-24-57-26-38(27-58-47(32-10-8-7-9-11-32,33-14-20-36(55-4)21-15-33)34-16-22-37(56-5)23-17-34)59-39-25-29(2)40(30(3)43(39)52(53)54)41-42-45(48)50-28-51-46(42)60-44(41)31-12-18-35(49)19-13-31/h6-23,25,28,38H,1,24,26-27H2,2-5H3. The Hall–Kier alpha value is -6.18. The molecule has 2 heterocycles. The van der Waals surface area contributed by atoms with Gasteiger partial charge in [0.25, 0.3) is 0 Å². The summed E-state index contributed by atoms with van der Waals surface area (Å²) in [7, 11) is 3.21. The van der Waals surface area contributed by atoms with E-state index in [1.54, 1.807) is 45.4 Å². The number of nitro groups is 1. The SMILES string of the molecule is C=CCOCC(COC(c1ccccc1)(c1ccc(OC)cc1)c1ccc(OC)cc1)Oc1cc(C)c(-c2c(-c3ccc(F)cc3)sc3ncnc(Cl)c23)c(C)c1[N+](=O)[O-]. The van der Waals surface area contributed by atoms with Crippen molar-refractivity contribution in [2.75, 3.05) is 34.0 Å². The Labute approximate surface area is 355 Å². The van der Waals surface area contributed by atoms with Crippen LogP contribution in [0, 0.1) is 29.8 Å². The molecule has 306 valence electrons. The Kier molecular flexibility index (Phi) is 12.9.